The lowest BCUT2D eigenvalue weighted by molar-refractivity contribution is 0.243. The van der Waals surface area contributed by atoms with E-state index in [9.17, 15) is 0 Å². The summed E-state index contributed by atoms with van der Waals surface area (Å²) >= 11 is 0. The topological polar surface area (TPSA) is 29.3 Å². The van der Waals surface area contributed by atoms with Gasteiger partial charge in [0.05, 0.1) is 0 Å². The number of rotatable bonds is 0. The van der Waals surface area contributed by atoms with E-state index in [0.29, 0.717) is 6.04 Å². The van der Waals surface area contributed by atoms with E-state index >= 15 is 0 Å². The molecule has 2 rings (SSSR count). The van der Waals surface area contributed by atoms with E-state index in [2.05, 4.69) is 11.9 Å². The number of hydrogen-bond donors (Lipinski definition) is 1. The van der Waals surface area contributed by atoms with Gasteiger partial charge in [-0.05, 0) is 25.8 Å². The van der Waals surface area contributed by atoms with Gasteiger partial charge in [-0.1, -0.05) is 0 Å². The summed E-state index contributed by atoms with van der Waals surface area (Å²) in [5.41, 5.74) is 5.86. The standard InChI is InChI=1S/C7H14N2.2ClH/c1-9-4-5-2-6(9)3-7(5)8;;/h5-7H,2-4,8H2,1H3;2*1H. The Hall–Kier alpha value is 0.500. The SMILES string of the molecule is CN1CC2CC1CC2N.Cl.Cl. The van der Waals surface area contributed by atoms with Crippen LogP contribution in [0, 0.1) is 5.92 Å². The van der Waals surface area contributed by atoms with Gasteiger partial charge in [0.15, 0.2) is 0 Å². The first-order chi connectivity index (χ1) is 4.27. The van der Waals surface area contributed by atoms with Gasteiger partial charge in [-0.3, -0.25) is 0 Å². The summed E-state index contributed by atoms with van der Waals surface area (Å²) in [4.78, 5) is 2.44. The summed E-state index contributed by atoms with van der Waals surface area (Å²) in [6, 6.07) is 1.34. The summed E-state index contributed by atoms with van der Waals surface area (Å²) < 4.78 is 0. The Labute approximate surface area is 80.3 Å². The normalized spacial score (nSPS) is 41.5. The summed E-state index contributed by atoms with van der Waals surface area (Å²) in [5.74, 6) is 0.819. The monoisotopic (exact) mass is 198 g/mol. The molecule has 0 aromatic heterocycles. The van der Waals surface area contributed by atoms with E-state index in [4.69, 9.17) is 5.73 Å². The maximum absolute atomic E-state index is 5.86. The molecule has 0 aromatic carbocycles. The van der Waals surface area contributed by atoms with Crippen LogP contribution in [0.3, 0.4) is 0 Å². The van der Waals surface area contributed by atoms with Crippen LogP contribution in [0.25, 0.3) is 0 Å². The van der Waals surface area contributed by atoms with Crippen LogP contribution in [0.4, 0.5) is 0 Å². The second-order valence-electron chi connectivity index (χ2n) is 3.49. The highest BCUT2D eigenvalue weighted by Gasteiger charge is 2.40. The molecule has 3 atom stereocenters. The van der Waals surface area contributed by atoms with Crippen LogP contribution < -0.4 is 5.73 Å². The zero-order chi connectivity index (χ0) is 6.43. The van der Waals surface area contributed by atoms with E-state index in [1.807, 2.05) is 0 Å². The highest BCUT2D eigenvalue weighted by atomic mass is 35.5. The maximum atomic E-state index is 5.86. The Morgan fingerprint density at radius 1 is 1.27 bits per heavy atom. The van der Waals surface area contributed by atoms with Gasteiger partial charge in [0.1, 0.15) is 0 Å². The van der Waals surface area contributed by atoms with E-state index in [1.54, 1.807) is 0 Å². The molecule has 4 heteroatoms. The molecule has 2 nitrogen and oxygen atoms in total. The fraction of sp³-hybridized carbons (Fsp3) is 1.00. The van der Waals surface area contributed by atoms with Crippen molar-refractivity contribution < 1.29 is 0 Å². The third-order valence-electron chi connectivity index (χ3n) is 2.87. The first kappa shape index (κ1) is 11.5. The Morgan fingerprint density at radius 2 is 1.91 bits per heavy atom. The Morgan fingerprint density at radius 3 is 2.18 bits per heavy atom. The molecule has 2 fully saturated rings. The molecule has 1 aliphatic heterocycles. The zero-order valence-corrected chi connectivity index (χ0v) is 8.33. The Bertz CT molecular complexity index is 114. The average Bonchev–Trinajstić information content (AvgIpc) is 2.24. The number of likely N-dealkylation sites (tertiary alicyclic amines) is 1. The Balaban J connectivity index is 0.000000500. The number of fused-ring (bicyclic) bond motifs is 2. The highest BCUT2D eigenvalue weighted by Crippen LogP contribution is 2.35. The molecule has 1 aliphatic carbocycles. The molecule has 0 amide bonds. The van der Waals surface area contributed by atoms with Crippen LogP contribution in [-0.4, -0.2) is 30.6 Å². The van der Waals surface area contributed by atoms with Crippen molar-refractivity contribution in [2.24, 2.45) is 11.7 Å². The van der Waals surface area contributed by atoms with Crippen LogP contribution >= 0.6 is 24.8 Å². The fourth-order valence-corrected chi connectivity index (χ4v) is 2.22. The zero-order valence-electron chi connectivity index (χ0n) is 6.69. The fourth-order valence-electron chi connectivity index (χ4n) is 2.22. The summed E-state index contributed by atoms with van der Waals surface area (Å²) in [7, 11) is 2.20. The second kappa shape index (κ2) is 3.94. The highest BCUT2D eigenvalue weighted by molar-refractivity contribution is 5.85. The molecule has 3 unspecified atom stereocenters. The maximum Gasteiger partial charge on any atom is 0.0111 e. The van der Waals surface area contributed by atoms with Crippen molar-refractivity contribution in [1.29, 1.82) is 0 Å². The molecule has 0 aromatic rings. The van der Waals surface area contributed by atoms with Gasteiger partial charge in [0.25, 0.3) is 0 Å². The minimum atomic E-state index is 0. The van der Waals surface area contributed by atoms with Gasteiger partial charge >= 0.3 is 0 Å². The van der Waals surface area contributed by atoms with Gasteiger partial charge in [-0.15, -0.1) is 24.8 Å². The van der Waals surface area contributed by atoms with Crippen LogP contribution in [0.5, 0.6) is 0 Å². The number of hydrogen-bond acceptors (Lipinski definition) is 2. The van der Waals surface area contributed by atoms with Crippen molar-refractivity contribution in [3.63, 3.8) is 0 Å². The molecule has 68 valence electrons. The second-order valence-corrected chi connectivity index (χ2v) is 3.49. The molecule has 11 heavy (non-hydrogen) atoms. The lowest BCUT2D eigenvalue weighted by Gasteiger charge is -2.25. The first-order valence-corrected chi connectivity index (χ1v) is 3.73. The predicted molar refractivity (Wildman–Crippen MR) is 51.6 cm³/mol. The van der Waals surface area contributed by atoms with Crippen molar-refractivity contribution >= 4 is 24.8 Å². The van der Waals surface area contributed by atoms with Gasteiger partial charge in [0.2, 0.25) is 0 Å². The van der Waals surface area contributed by atoms with E-state index < -0.39 is 0 Å². The molecule has 0 spiro atoms. The molecule has 2 aliphatic rings. The van der Waals surface area contributed by atoms with Crippen LogP contribution in [-0.2, 0) is 0 Å². The lowest BCUT2D eigenvalue weighted by Crippen LogP contribution is -2.38. The molecule has 1 saturated carbocycles. The first-order valence-electron chi connectivity index (χ1n) is 3.73. The van der Waals surface area contributed by atoms with Crippen molar-refractivity contribution in [1.82, 2.24) is 4.90 Å². The number of halogens is 2. The molecule has 0 radical (unpaired) electrons. The molecular formula is C7H16Cl2N2. The number of nitrogens with two attached hydrogens (primary N) is 1. The van der Waals surface area contributed by atoms with Gasteiger partial charge < -0.3 is 10.6 Å². The van der Waals surface area contributed by atoms with Crippen LogP contribution in [0.15, 0.2) is 0 Å². The van der Waals surface area contributed by atoms with Crippen LogP contribution in [0.1, 0.15) is 12.8 Å². The smallest absolute Gasteiger partial charge is 0.0111 e. The average molecular weight is 199 g/mol. The van der Waals surface area contributed by atoms with Crippen molar-refractivity contribution in [3.8, 4) is 0 Å². The molecule has 2 N–H and O–H groups in total. The largest absolute Gasteiger partial charge is 0.327 e. The molecule has 1 heterocycles. The van der Waals surface area contributed by atoms with Gasteiger partial charge in [0, 0.05) is 18.6 Å². The quantitative estimate of drug-likeness (QED) is 0.627. The summed E-state index contributed by atoms with van der Waals surface area (Å²) in [6.45, 7) is 1.24. The lowest BCUT2D eigenvalue weighted by atomic mass is 10.1. The molecule has 1 saturated heterocycles. The van der Waals surface area contributed by atoms with Crippen molar-refractivity contribution in [2.75, 3.05) is 13.6 Å². The molecular weight excluding hydrogens is 183 g/mol. The van der Waals surface area contributed by atoms with E-state index in [1.165, 1.54) is 19.4 Å². The summed E-state index contributed by atoms with van der Waals surface area (Å²) in [5, 5.41) is 0. The van der Waals surface area contributed by atoms with Crippen molar-refractivity contribution in [2.45, 2.75) is 24.9 Å². The molecule has 2 bridgehead atoms. The third kappa shape index (κ3) is 1.81. The van der Waals surface area contributed by atoms with Gasteiger partial charge in [-0.25, -0.2) is 0 Å². The van der Waals surface area contributed by atoms with E-state index in [-0.39, 0.29) is 24.8 Å². The Kier molecular flexibility index (Phi) is 4.12. The number of nitrogens with zero attached hydrogens (tertiary/aromatic N) is 1. The number of piperidine rings is 1. The van der Waals surface area contributed by atoms with Crippen molar-refractivity contribution in [3.05, 3.63) is 0 Å². The summed E-state index contributed by atoms with van der Waals surface area (Å²) in [6.07, 6.45) is 2.60. The van der Waals surface area contributed by atoms with Gasteiger partial charge in [-0.2, -0.15) is 0 Å². The predicted octanol–water partition coefficient (Wildman–Crippen LogP) is 0.881. The minimum Gasteiger partial charge on any atom is -0.327 e. The minimum absolute atomic E-state index is 0. The van der Waals surface area contributed by atoms with E-state index in [0.717, 1.165) is 12.0 Å². The third-order valence-corrected chi connectivity index (χ3v) is 2.87. The van der Waals surface area contributed by atoms with Crippen LogP contribution in [0.2, 0.25) is 0 Å².